The maximum atomic E-state index is 13.7. The molecule has 50 heavy (non-hydrogen) atoms. The number of hydrogen-bond donors (Lipinski definition) is 3. The van der Waals surface area contributed by atoms with E-state index < -0.39 is 23.7 Å². The van der Waals surface area contributed by atoms with E-state index in [2.05, 4.69) is 4.90 Å². The Labute approximate surface area is 290 Å². The molecule has 1 aliphatic carbocycles. The minimum Gasteiger partial charge on any atom is -0.508 e. The maximum absolute atomic E-state index is 13.7. The molecule has 3 N–H and O–H groups in total. The number of carbonyl (C=O) groups is 2. The molecule has 0 saturated carbocycles. The monoisotopic (exact) mass is 728 g/mol. The van der Waals surface area contributed by atoms with Gasteiger partial charge in [0.1, 0.15) is 17.2 Å². The van der Waals surface area contributed by atoms with Crippen LogP contribution in [0.5, 0.6) is 17.2 Å². The van der Waals surface area contributed by atoms with Crippen molar-refractivity contribution in [3.05, 3.63) is 140 Å². The van der Waals surface area contributed by atoms with E-state index >= 15 is 0 Å². The number of fused-ring (bicyclic) bond motifs is 6. The van der Waals surface area contributed by atoms with E-state index in [1.54, 1.807) is 24.3 Å². The molecule has 2 unspecified atom stereocenters. The SMILES string of the molecule is C.O=C1C=CC(=O)C=C1.O=P1(c2cc(O)ccc2O)Oc2ccccc2-c2ccccc21.O=[p+]1oc2ccccc2c2ccccc21.[2H]OP=O. The minimum absolute atomic E-state index is 0. The maximum Gasteiger partial charge on any atom is 0.597 e. The van der Waals surface area contributed by atoms with Crippen molar-refractivity contribution >= 4 is 67.4 Å². The van der Waals surface area contributed by atoms with Gasteiger partial charge >= 0.3 is 23.7 Å². The van der Waals surface area contributed by atoms with Gasteiger partial charge < -0.3 is 19.6 Å². The summed E-state index contributed by atoms with van der Waals surface area (Å²) < 4.78 is 51.2. The zero-order valence-electron chi connectivity index (χ0n) is 26.3. The Morgan fingerprint density at radius 2 is 1.26 bits per heavy atom. The first-order valence-corrected chi connectivity index (χ1v) is 17.9. The molecular weight excluding hydrogens is 697 g/mol. The van der Waals surface area contributed by atoms with E-state index in [1.807, 2.05) is 72.8 Å². The lowest BCUT2D eigenvalue weighted by atomic mass is 10.0. The lowest BCUT2D eigenvalue weighted by molar-refractivity contribution is -0.113. The topological polar surface area (TPSA) is 168 Å². The van der Waals surface area contributed by atoms with E-state index in [9.17, 15) is 28.9 Å². The molecule has 8 rings (SSSR count). The van der Waals surface area contributed by atoms with Gasteiger partial charge in [-0.15, -0.1) is 0 Å². The Hall–Kier alpha value is -5.49. The van der Waals surface area contributed by atoms with Crippen LogP contribution in [0.1, 0.15) is 7.43 Å². The van der Waals surface area contributed by atoms with Crippen LogP contribution in [-0.4, -0.2) is 28.1 Å². The normalized spacial score (nSPS) is 15.7. The summed E-state index contributed by atoms with van der Waals surface area (Å²) in [6, 6.07) is 33.9. The van der Waals surface area contributed by atoms with Gasteiger partial charge in [-0.2, -0.15) is 0 Å². The molecule has 2 heterocycles. The number of benzene rings is 5. The zero-order chi connectivity index (χ0) is 35.7. The number of allylic oxidation sites excluding steroid dienone is 4. The van der Waals surface area contributed by atoms with Crippen LogP contribution in [0.2, 0.25) is 0 Å². The fourth-order valence-corrected chi connectivity index (χ4v) is 8.45. The van der Waals surface area contributed by atoms with Gasteiger partial charge in [-0.05, 0) is 83.0 Å². The van der Waals surface area contributed by atoms with Crippen LogP contribution in [0, 0.1) is 0 Å². The van der Waals surface area contributed by atoms with Gasteiger partial charge in [-0.1, -0.05) is 74.2 Å². The Morgan fingerprint density at radius 3 is 1.94 bits per heavy atom. The van der Waals surface area contributed by atoms with Crippen molar-refractivity contribution in [2.24, 2.45) is 0 Å². The summed E-state index contributed by atoms with van der Waals surface area (Å²) in [4.78, 5) is 23.8. The lowest BCUT2D eigenvalue weighted by Crippen LogP contribution is -2.25. The summed E-state index contributed by atoms with van der Waals surface area (Å²) in [7, 11) is -5.89. The molecule has 1 aromatic heterocycles. The van der Waals surface area contributed by atoms with E-state index in [1.165, 1.54) is 42.5 Å². The fourth-order valence-electron chi connectivity index (χ4n) is 5.05. The van der Waals surface area contributed by atoms with E-state index in [-0.39, 0.29) is 35.8 Å². The van der Waals surface area contributed by atoms with Crippen LogP contribution in [0.15, 0.2) is 144 Å². The third-order valence-corrected chi connectivity index (χ3v) is 10.8. The lowest BCUT2D eigenvalue weighted by Gasteiger charge is -2.29. The van der Waals surface area contributed by atoms with Gasteiger partial charge in [0, 0.05) is 16.3 Å². The molecule has 6 aromatic rings. The van der Waals surface area contributed by atoms with Gasteiger partial charge in [0.25, 0.3) is 0 Å². The molecule has 0 saturated heterocycles. The number of hydrogen-bond acceptors (Lipinski definition) is 10. The number of para-hydroxylation sites is 2. The number of ketones is 2. The van der Waals surface area contributed by atoms with Crippen molar-refractivity contribution in [1.29, 1.82) is 1.43 Å². The largest absolute Gasteiger partial charge is 0.597 e. The second-order valence-corrected chi connectivity index (χ2v) is 13.8. The first-order chi connectivity index (χ1) is 24.2. The second kappa shape index (κ2) is 16.8. The Bertz CT molecular complexity index is 2370. The number of phenols is 2. The standard InChI is InChI=1S/C18H13O4P.C12H8O2P.C6H4O2.CH4.HO2P/c19-12-9-10-15(20)18(11-12)23(21)17-8-4-2-6-14(17)13-5-1-3-7-16(13)22-23;13-15-12-8-4-2-6-10(12)9-5-1-3-7-11(9)14-15;7-5-1-2-6(8)4-3-5;;1-3-2/h1-11,19-20H;1-8H;1-4H;1H4;(H,1,2)/q;+1;;;/i/hD. The van der Waals surface area contributed by atoms with Crippen LogP contribution in [0.25, 0.3) is 32.6 Å². The summed E-state index contributed by atoms with van der Waals surface area (Å²) in [5.74, 6) is 0.0137. The zero-order valence-corrected chi connectivity index (χ0v) is 28.0. The first-order valence-electron chi connectivity index (χ1n) is 14.8. The van der Waals surface area contributed by atoms with Crippen LogP contribution in [0.3, 0.4) is 0 Å². The van der Waals surface area contributed by atoms with E-state index in [0.29, 0.717) is 16.6 Å². The molecule has 2 atom stereocenters. The van der Waals surface area contributed by atoms with Crippen LogP contribution < -0.4 is 15.1 Å². The molecule has 0 bridgehead atoms. The van der Waals surface area contributed by atoms with Crippen LogP contribution >= 0.6 is 23.7 Å². The number of phenolic OH excluding ortho intramolecular Hbond substituents is 2. The molecule has 2 aliphatic rings. The van der Waals surface area contributed by atoms with Gasteiger partial charge in [0.05, 0.1) is 10.6 Å². The molecule has 0 fully saturated rings. The van der Waals surface area contributed by atoms with Crippen molar-refractivity contribution in [2.75, 3.05) is 0 Å². The number of aromatic hydroxyl groups is 2. The third kappa shape index (κ3) is 8.20. The molecule has 0 spiro atoms. The van der Waals surface area contributed by atoms with Crippen molar-refractivity contribution in [2.45, 2.75) is 7.43 Å². The molecule has 10 nitrogen and oxygen atoms in total. The Morgan fingerprint density at radius 1 is 0.700 bits per heavy atom. The highest BCUT2D eigenvalue weighted by Crippen LogP contribution is 2.55. The highest BCUT2D eigenvalue weighted by Gasteiger charge is 2.39. The average Bonchev–Trinajstić information content (AvgIpc) is 3.15. The molecule has 5 aromatic carbocycles. The molecule has 1 aliphatic heterocycles. The number of rotatable bonds is 2. The molecule has 0 amide bonds. The highest BCUT2D eigenvalue weighted by molar-refractivity contribution is 7.75. The summed E-state index contributed by atoms with van der Waals surface area (Å²) in [6.07, 6.45) is 5.01. The summed E-state index contributed by atoms with van der Waals surface area (Å²) >= 11 is 0. The van der Waals surface area contributed by atoms with Crippen molar-refractivity contribution in [1.82, 2.24) is 0 Å². The van der Waals surface area contributed by atoms with Gasteiger partial charge in [0.2, 0.25) is 6.55 Å². The summed E-state index contributed by atoms with van der Waals surface area (Å²) in [6.45, 7) is 0. The minimum atomic E-state index is -3.56. The van der Waals surface area contributed by atoms with Gasteiger partial charge in [-0.3, -0.25) is 14.2 Å². The average molecular weight is 729 g/mol. The smallest absolute Gasteiger partial charge is 0.508 e. The molecule has 0 radical (unpaired) electrons. The fraction of sp³-hybridized carbons (Fsp3) is 0.0270. The number of carbonyl (C=O) groups excluding carboxylic acids is 2. The van der Waals surface area contributed by atoms with Crippen molar-refractivity contribution in [3.63, 3.8) is 0 Å². The van der Waals surface area contributed by atoms with E-state index in [4.69, 9.17) is 14.7 Å². The third-order valence-electron chi connectivity index (χ3n) is 7.18. The first kappa shape index (κ1) is 35.8. The molecule has 252 valence electrons. The van der Waals surface area contributed by atoms with Crippen molar-refractivity contribution in [3.8, 4) is 28.4 Å². The quantitative estimate of drug-likeness (QED) is 0.0678. The van der Waals surface area contributed by atoms with E-state index in [0.717, 1.165) is 27.0 Å². The van der Waals surface area contributed by atoms with Crippen LogP contribution in [-0.2, 0) is 23.3 Å². The van der Waals surface area contributed by atoms with Gasteiger partial charge in [-0.25, -0.2) is 8.76 Å². The second-order valence-electron chi connectivity index (χ2n) is 10.2. The predicted octanol–water partition coefficient (Wildman–Crippen LogP) is 8.79. The molecule has 13 heteroatoms. The Kier molecular flexibility index (Phi) is 12.0. The predicted molar refractivity (Wildman–Crippen MR) is 195 cm³/mol. The Balaban J connectivity index is 0.000000178. The summed E-state index contributed by atoms with van der Waals surface area (Å²) in [5, 5.41) is 23.3. The highest BCUT2D eigenvalue weighted by atomic mass is 31.2. The van der Waals surface area contributed by atoms with Crippen molar-refractivity contribution < 1.29 is 47.1 Å². The van der Waals surface area contributed by atoms with Crippen LogP contribution in [0.4, 0.5) is 0 Å². The van der Waals surface area contributed by atoms with Gasteiger partial charge in [0.15, 0.2) is 17.1 Å². The summed E-state index contributed by atoms with van der Waals surface area (Å²) in [5.41, 5.74) is 2.37. The molecular formula is C37H30O10P3+.